The first kappa shape index (κ1) is 22.3. The molecular formula is C23H24F2N2O4. The van der Waals surface area contributed by atoms with E-state index in [0.717, 1.165) is 25.0 Å². The van der Waals surface area contributed by atoms with Crippen LogP contribution in [0.5, 0.6) is 11.5 Å². The number of carbonyl (C=O) groups is 1. The molecule has 8 heteroatoms. The van der Waals surface area contributed by atoms with E-state index in [9.17, 15) is 13.6 Å². The first-order valence-corrected chi connectivity index (χ1v) is 10.0. The molecule has 0 aliphatic heterocycles. The Labute approximate surface area is 179 Å². The van der Waals surface area contributed by atoms with Crippen molar-refractivity contribution in [3.63, 3.8) is 0 Å². The number of halogens is 2. The Morgan fingerprint density at radius 3 is 2.68 bits per heavy atom. The number of methoxy groups -OCH3 is 1. The van der Waals surface area contributed by atoms with Crippen molar-refractivity contribution in [1.29, 1.82) is 0 Å². The van der Waals surface area contributed by atoms with E-state index < -0.39 is 11.6 Å². The van der Waals surface area contributed by atoms with E-state index in [1.54, 1.807) is 18.2 Å². The number of ether oxygens (including phenoxy) is 2. The summed E-state index contributed by atoms with van der Waals surface area (Å²) >= 11 is 0. The predicted octanol–water partition coefficient (Wildman–Crippen LogP) is 5.38. The monoisotopic (exact) mass is 430 g/mol. The molecule has 1 amide bonds. The lowest BCUT2D eigenvalue weighted by molar-refractivity contribution is -0.116. The molecule has 0 saturated carbocycles. The van der Waals surface area contributed by atoms with E-state index in [1.807, 2.05) is 0 Å². The fourth-order valence-electron chi connectivity index (χ4n) is 2.89. The summed E-state index contributed by atoms with van der Waals surface area (Å²) in [6.07, 6.45) is 3.36. The van der Waals surface area contributed by atoms with Crippen LogP contribution in [0.15, 0.2) is 47.0 Å². The quantitative estimate of drug-likeness (QED) is 0.437. The molecule has 0 bridgehead atoms. The number of nitrogens with one attached hydrogen (secondary N) is 1. The lowest BCUT2D eigenvalue weighted by Crippen LogP contribution is -2.14. The van der Waals surface area contributed by atoms with Crippen LogP contribution in [0.4, 0.5) is 14.5 Å². The topological polar surface area (TPSA) is 73.6 Å². The average molecular weight is 430 g/mol. The van der Waals surface area contributed by atoms with Crippen LogP contribution in [0.3, 0.4) is 0 Å². The zero-order chi connectivity index (χ0) is 22.2. The van der Waals surface area contributed by atoms with Gasteiger partial charge in [0.1, 0.15) is 23.1 Å². The fourth-order valence-corrected chi connectivity index (χ4v) is 2.89. The zero-order valence-corrected chi connectivity index (χ0v) is 17.4. The van der Waals surface area contributed by atoms with Gasteiger partial charge in [0.05, 0.1) is 31.2 Å². The molecule has 1 heterocycles. The van der Waals surface area contributed by atoms with E-state index in [1.165, 1.54) is 19.4 Å². The first-order valence-electron chi connectivity index (χ1n) is 10.0. The van der Waals surface area contributed by atoms with Crippen molar-refractivity contribution < 1.29 is 27.5 Å². The minimum absolute atomic E-state index is 0.0228. The summed E-state index contributed by atoms with van der Waals surface area (Å²) in [5.74, 6) is -0.449. The number of anilines is 1. The maximum absolute atomic E-state index is 13.9. The van der Waals surface area contributed by atoms with Gasteiger partial charge in [0.15, 0.2) is 11.7 Å². The van der Waals surface area contributed by atoms with E-state index in [0.29, 0.717) is 23.8 Å². The summed E-state index contributed by atoms with van der Waals surface area (Å²) in [5.41, 5.74) is 0.220. The SMILES string of the molecule is CCCCOc1ccc(OC)cc1NC(=O)CCc1ncc(-c2c(F)cccc2F)o1. The van der Waals surface area contributed by atoms with E-state index >= 15 is 0 Å². The number of carbonyl (C=O) groups excluding carboxylic acids is 1. The minimum atomic E-state index is -0.742. The van der Waals surface area contributed by atoms with Gasteiger partial charge in [-0.2, -0.15) is 0 Å². The van der Waals surface area contributed by atoms with Crippen LogP contribution in [-0.2, 0) is 11.2 Å². The molecule has 0 radical (unpaired) electrons. The smallest absolute Gasteiger partial charge is 0.224 e. The molecule has 0 aliphatic carbocycles. The molecule has 0 fully saturated rings. The Balaban J connectivity index is 1.64. The van der Waals surface area contributed by atoms with Gasteiger partial charge in [0.25, 0.3) is 0 Å². The van der Waals surface area contributed by atoms with Crippen LogP contribution in [0.25, 0.3) is 11.3 Å². The van der Waals surface area contributed by atoms with E-state index in [-0.39, 0.29) is 36.0 Å². The minimum Gasteiger partial charge on any atom is -0.497 e. The molecule has 1 N–H and O–H groups in total. The van der Waals surface area contributed by atoms with Crippen LogP contribution in [0, 0.1) is 11.6 Å². The lowest BCUT2D eigenvalue weighted by Gasteiger charge is -2.13. The average Bonchev–Trinajstić information content (AvgIpc) is 3.22. The molecule has 3 rings (SSSR count). The van der Waals surface area contributed by atoms with Gasteiger partial charge >= 0.3 is 0 Å². The van der Waals surface area contributed by atoms with Crippen molar-refractivity contribution >= 4 is 11.6 Å². The molecule has 0 aliphatic rings. The number of aryl methyl sites for hydroxylation is 1. The normalized spacial score (nSPS) is 10.7. The molecular weight excluding hydrogens is 406 g/mol. The summed E-state index contributed by atoms with van der Waals surface area (Å²) < 4.78 is 44.2. The Kier molecular flexibility index (Phi) is 7.59. The number of aromatic nitrogens is 1. The van der Waals surface area contributed by atoms with Crippen LogP contribution < -0.4 is 14.8 Å². The summed E-state index contributed by atoms with van der Waals surface area (Å²) in [6.45, 7) is 2.60. The molecule has 31 heavy (non-hydrogen) atoms. The van der Waals surface area contributed by atoms with Gasteiger partial charge in [-0.3, -0.25) is 4.79 Å². The van der Waals surface area contributed by atoms with Gasteiger partial charge in [-0.15, -0.1) is 0 Å². The van der Waals surface area contributed by atoms with Crippen molar-refractivity contribution in [2.45, 2.75) is 32.6 Å². The molecule has 1 aromatic heterocycles. The molecule has 0 spiro atoms. The van der Waals surface area contributed by atoms with Gasteiger partial charge in [-0.05, 0) is 30.7 Å². The van der Waals surface area contributed by atoms with Crippen LogP contribution >= 0.6 is 0 Å². The molecule has 0 saturated heterocycles. The van der Waals surface area contributed by atoms with Crippen molar-refractivity contribution in [1.82, 2.24) is 4.98 Å². The third-order valence-electron chi connectivity index (χ3n) is 4.54. The molecule has 0 unspecified atom stereocenters. The summed E-state index contributed by atoms with van der Waals surface area (Å²) in [4.78, 5) is 16.5. The second-order valence-corrected chi connectivity index (χ2v) is 6.83. The number of hydrogen-bond acceptors (Lipinski definition) is 5. The largest absolute Gasteiger partial charge is 0.497 e. The third-order valence-corrected chi connectivity index (χ3v) is 4.54. The Hall–Kier alpha value is -3.42. The standard InChI is InChI=1S/C23H24F2N2O4/c1-3-4-12-30-19-9-8-15(29-2)13-18(19)27-21(28)10-11-22-26-14-20(31-22)23-16(24)6-5-7-17(23)25/h5-9,13-14H,3-4,10-12H2,1-2H3,(H,27,28). The van der Waals surface area contributed by atoms with Gasteiger partial charge < -0.3 is 19.2 Å². The van der Waals surface area contributed by atoms with Crippen molar-refractivity contribution in [3.8, 4) is 22.8 Å². The van der Waals surface area contributed by atoms with Crippen LogP contribution in [-0.4, -0.2) is 24.6 Å². The maximum atomic E-state index is 13.9. The van der Waals surface area contributed by atoms with Crippen molar-refractivity contribution in [2.75, 3.05) is 19.0 Å². The molecule has 3 aromatic rings. The van der Waals surface area contributed by atoms with Crippen molar-refractivity contribution in [3.05, 3.63) is 60.1 Å². The van der Waals surface area contributed by atoms with Crippen LogP contribution in [0.1, 0.15) is 32.1 Å². The predicted molar refractivity (Wildman–Crippen MR) is 112 cm³/mol. The second kappa shape index (κ2) is 10.6. The highest BCUT2D eigenvalue weighted by molar-refractivity contribution is 5.92. The lowest BCUT2D eigenvalue weighted by atomic mass is 10.1. The molecule has 0 atom stereocenters. The van der Waals surface area contributed by atoms with Gasteiger partial charge in [-0.25, -0.2) is 13.8 Å². The molecule has 164 valence electrons. The van der Waals surface area contributed by atoms with Gasteiger partial charge in [-0.1, -0.05) is 19.4 Å². The Bertz CT molecular complexity index is 1020. The Morgan fingerprint density at radius 1 is 1.19 bits per heavy atom. The number of rotatable bonds is 10. The highest BCUT2D eigenvalue weighted by Crippen LogP contribution is 2.30. The highest BCUT2D eigenvalue weighted by Gasteiger charge is 2.17. The van der Waals surface area contributed by atoms with Gasteiger partial charge in [0, 0.05) is 18.9 Å². The highest BCUT2D eigenvalue weighted by atomic mass is 19.1. The first-order chi connectivity index (χ1) is 15.0. The van der Waals surface area contributed by atoms with E-state index in [4.69, 9.17) is 13.9 Å². The number of benzene rings is 2. The van der Waals surface area contributed by atoms with Crippen LogP contribution in [0.2, 0.25) is 0 Å². The number of oxazole rings is 1. The number of hydrogen-bond donors (Lipinski definition) is 1. The maximum Gasteiger partial charge on any atom is 0.224 e. The molecule has 2 aromatic carbocycles. The molecule has 6 nitrogen and oxygen atoms in total. The zero-order valence-electron chi connectivity index (χ0n) is 17.4. The second-order valence-electron chi connectivity index (χ2n) is 6.83. The number of amides is 1. The summed E-state index contributed by atoms with van der Waals surface area (Å²) in [6, 6.07) is 8.74. The number of nitrogens with zero attached hydrogens (tertiary/aromatic N) is 1. The number of unbranched alkanes of at least 4 members (excludes halogenated alkanes) is 1. The van der Waals surface area contributed by atoms with Gasteiger partial charge in [0.2, 0.25) is 5.91 Å². The fraction of sp³-hybridized carbons (Fsp3) is 0.304. The Morgan fingerprint density at radius 2 is 1.97 bits per heavy atom. The summed E-state index contributed by atoms with van der Waals surface area (Å²) in [7, 11) is 1.54. The summed E-state index contributed by atoms with van der Waals surface area (Å²) in [5, 5.41) is 2.81. The van der Waals surface area contributed by atoms with Crippen molar-refractivity contribution in [2.24, 2.45) is 0 Å². The third kappa shape index (κ3) is 5.81. The van der Waals surface area contributed by atoms with E-state index in [2.05, 4.69) is 17.2 Å².